The molecular weight excluding hydrogens is 374 g/mol. The Balaban J connectivity index is 0.00000576. The van der Waals surface area contributed by atoms with E-state index in [1.807, 2.05) is 6.92 Å². The summed E-state index contributed by atoms with van der Waals surface area (Å²) in [6.07, 6.45) is 0.116. The van der Waals surface area contributed by atoms with Crippen molar-refractivity contribution in [2.75, 3.05) is 25.5 Å². The quantitative estimate of drug-likeness (QED) is 0.343. The molecular formula is C13H22ClN5O5S. The lowest BCUT2D eigenvalue weighted by Crippen LogP contribution is -2.37. The minimum atomic E-state index is -4.03. The topological polar surface area (TPSA) is 156 Å². The van der Waals surface area contributed by atoms with Gasteiger partial charge in [0.15, 0.2) is 0 Å². The summed E-state index contributed by atoms with van der Waals surface area (Å²) in [4.78, 5) is 21.6. The molecule has 0 aliphatic heterocycles. The largest absolute Gasteiger partial charge is 0.379 e. The van der Waals surface area contributed by atoms with Crippen LogP contribution in [0.15, 0.2) is 23.1 Å². The highest BCUT2D eigenvalue weighted by atomic mass is 35.5. The molecule has 0 aliphatic rings. The Hall–Kier alpha value is -1.95. The summed E-state index contributed by atoms with van der Waals surface area (Å²) in [6.45, 7) is 2.54. The number of likely N-dealkylation sites (N-methyl/N-ethyl adjacent to an activating group) is 1. The number of primary sulfonamides is 1. The summed E-state index contributed by atoms with van der Waals surface area (Å²) in [7, 11) is -2.25. The molecule has 1 aromatic rings. The van der Waals surface area contributed by atoms with Crippen molar-refractivity contribution < 1.29 is 18.1 Å². The van der Waals surface area contributed by atoms with E-state index in [2.05, 4.69) is 16.0 Å². The molecule has 0 heterocycles. The van der Waals surface area contributed by atoms with Crippen molar-refractivity contribution in [2.45, 2.75) is 24.3 Å². The molecule has 0 radical (unpaired) electrons. The van der Waals surface area contributed by atoms with Gasteiger partial charge in [-0.1, -0.05) is 0 Å². The van der Waals surface area contributed by atoms with Gasteiger partial charge in [0.25, 0.3) is 5.69 Å². The maximum atomic E-state index is 11.6. The van der Waals surface area contributed by atoms with Crippen LogP contribution in [0.3, 0.4) is 0 Å². The fourth-order valence-electron chi connectivity index (χ4n) is 1.76. The van der Waals surface area contributed by atoms with Crippen LogP contribution in [0.5, 0.6) is 0 Å². The minimum absolute atomic E-state index is 0. The van der Waals surface area contributed by atoms with Gasteiger partial charge in [-0.25, -0.2) is 13.6 Å². The number of hydrogen-bond acceptors (Lipinski definition) is 7. The SMILES string of the molecule is CNC(C)CNC(=O)CCNc1ccc(S(N)(=O)=O)cc1[N+](=O)[O-].Cl. The molecule has 0 aromatic heterocycles. The molecule has 0 saturated heterocycles. The number of nitrogens with one attached hydrogen (secondary N) is 3. The zero-order chi connectivity index (χ0) is 18.3. The predicted molar refractivity (Wildman–Crippen MR) is 96.4 cm³/mol. The van der Waals surface area contributed by atoms with Gasteiger partial charge in [0.2, 0.25) is 15.9 Å². The highest BCUT2D eigenvalue weighted by Gasteiger charge is 2.19. The molecule has 1 rings (SSSR count). The normalized spacial score (nSPS) is 12.0. The number of carbonyl (C=O) groups excluding carboxylic acids is 1. The molecule has 12 heteroatoms. The predicted octanol–water partition coefficient (Wildman–Crippen LogP) is 0.190. The smallest absolute Gasteiger partial charge is 0.293 e. The van der Waals surface area contributed by atoms with Gasteiger partial charge in [-0.05, 0) is 26.1 Å². The van der Waals surface area contributed by atoms with E-state index in [1.54, 1.807) is 7.05 Å². The zero-order valence-corrected chi connectivity index (χ0v) is 15.4. The summed E-state index contributed by atoms with van der Waals surface area (Å²) >= 11 is 0. The van der Waals surface area contributed by atoms with E-state index >= 15 is 0 Å². The third-order valence-corrected chi connectivity index (χ3v) is 4.17. The average molecular weight is 396 g/mol. The molecule has 0 spiro atoms. The second kappa shape index (κ2) is 10.1. The van der Waals surface area contributed by atoms with E-state index in [-0.39, 0.29) is 47.9 Å². The van der Waals surface area contributed by atoms with Gasteiger partial charge in [0, 0.05) is 31.6 Å². The summed E-state index contributed by atoms with van der Waals surface area (Å²) < 4.78 is 22.5. The summed E-state index contributed by atoms with van der Waals surface area (Å²) in [5.74, 6) is -0.201. The molecule has 1 amide bonds. The second-order valence-electron chi connectivity index (χ2n) is 5.15. The van der Waals surface area contributed by atoms with Gasteiger partial charge in [-0.2, -0.15) is 0 Å². The van der Waals surface area contributed by atoms with Crippen molar-refractivity contribution in [2.24, 2.45) is 5.14 Å². The number of hydrogen-bond donors (Lipinski definition) is 4. The van der Waals surface area contributed by atoms with E-state index in [1.165, 1.54) is 12.1 Å². The fourth-order valence-corrected chi connectivity index (χ4v) is 2.29. The third-order valence-electron chi connectivity index (χ3n) is 3.26. The van der Waals surface area contributed by atoms with Crippen LogP contribution in [0.25, 0.3) is 0 Å². The lowest BCUT2D eigenvalue weighted by Gasteiger charge is -2.12. The van der Waals surface area contributed by atoms with E-state index in [9.17, 15) is 23.3 Å². The van der Waals surface area contributed by atoms with Crippen molar-refractivity contribution in [1.29, 1.82) is 0 Å². The first-order valence-corrected chi connectivity index (χ1v) is 8.69. The molecule has 1 atom stereocenters. The number of halogens is 1. The van der Waals surface area contributed by atoms with Gasteiger partial charge in [0.05, 0.1) is 9.82 Å². The minimum Gasteiger partial charge on any atom is -0.379 e. The van der Waals surface area contributed by atoms with Crippen LogP contribution in [-0.2, 0) is 14.8 Å². The highest BCUT2D eigenvalue weighted by molar-refractivity contribution is 7.89. The number of rotatable bonds is 9. The number of nitro groups is 1. The molecule has 25 heavy (non-hydrogen) atoms. The molecule has 142 valence electrons. The van der Waals surface area contributed by atoms with Gasteiger partial charge in [0.1, 0.15) is 5.69 Å². The fraction of sp³-hybridized carbons (Fsp3) is 0.462. The standard InChI is InChI=1S/C13H21N5O5S.ClH/c1-9(15-2)8-17-13(19)5-6-16-11-4-3-10(24(14,22)23)7-12(11)18(20)21;/h3-4,7,9,15-16H,5-6,8H2,1-2H3,(H,17,19)(H2,14,22,23);1H. The van der Waals surface area contributed by atoms with Gasteiger partial charge >= 0.3 is 0 Å². The summed E-state index contributed by atoms with van der Waals surface area (Å²) in [5, 5.41) is 24.5. The Bertz CT molecular complexity index is 713. The van der Waals surface area contributed by atoms with Crippen molar-refractivity contribution in [1.82, 2.24) is 10.6 Å². The third kappa shape index (κ3) is 7.65. The van der Waals surface area contributed by atoms with Crippen LogP contribution >= 0.6 is 12.4 Å². The van der Waals surface area contributed by atoms with Crippen LogP contribution in [0.1, 0.15) is 13.3 Å². The van der Waals surface area contributed by atoms with Crippen molar-refractivity contribution >= 4 is 39.7 Å². The second-order valence-corrected chi connectivity index (χ2v) is 6.71. The average Bonchev–Trinajstić information content (AvgIpc) is 2.51. The van der Waals surface area contributed by atoms with E-state index in [0.29, 0.717) is 6.54 Å². The van der Waals surface area contributed by atoms with E-state index < -0.39 is 20.6 Å². The Kier molecular flexibility index (Phi) is 9.34. The monoisotopic (exact) mass is 395 g/mol. The Morgan fingerprint density at radius 1 is 1.40 bits per heavy atom. The Morgan fingerprint density at radius 3 is 2.56 bits per heavy atom. The number of benzene rings is 1. The molecule has 0 fully saturated rings. The van der Waals surface area contributed by atoms with E-state index in [0.717, 1.165) is 6.07 Å². The van der Waals surface area contributed by atoms with Crippen LogP contribution in [0, 0.1) is 10.1 Å². The first kappa shape index (κ1) is 23.1. The van der Waals surface area contributed by atoms with Crippen molar-refractivity contribution in [3.8, 4) is 0 Å². The Morgan fingerprint density at radius 2 is 2.04 bits per heavy atom. The first-order chi connectivity index (χ1) is 11.1. The van der Waals surface area contributed by atoms with Gasteiger partial charge in [-0.3, -0.25) is 14.9 Å². The number of amides is 1. The maximum absolute atomic E-state index is 11.6. The van der Waals surface area contributed by atoms with Crippen LogP contribution in [-0.4, -0.2) is 45.4 Å². The number of carbonyl (C=O) groups is 1. The van der Waals surface area contributed by atoms with Crippen molar-refractivity contribution in [3.05, 3.63) is 28.3 Å². The summed E-state index contributed by atoms with van der Waals surface area (Å²) in [6, 6.07) is 3.43. The molecule has 10 nitrogen and oxygen atoms in total. The van der Waals surface area contributed by atoms with Crippen LogP contribution in [0.2, 0.25) is 0 Å². The van der Waals surface area contributed by atoms with Gasteiger partial charge < -0.3 is 16.0 Å². The molecule has 0 saturated carbocycles. The van der Waals surface area contributed by atoms with Crippen LogP contribution in [0.4, 0.5) is 11.4 Å². The maximum Gasteiger partial charge on any atom is 0.293 e. The molecule has 1 unspecified atom stereocenters. The number of nitrogens with two attached hydrogens (primary N) is 1. The lowest BCUT2D eigenvalue weighted by atomic mass is 10.2. The number of nitro benzene ring substituents is 1. The molecule has 1 aromatic carbocycles. The lowest BCUT2D eigenvalue weighted by molar-refractivity contribution is -0.384. The first-order valence-electron chi connectivity index (χ1n) is 7.14. The number of anilines is 1. The number of nitrogens with zero attached hydrogens (tertiary/aromatic N) is 1. The van der Waals surface area contributed by atoms with Crippen LogP contribution < -0.4 is 21.1 Å². The van der Waals surface area contributed by atoms with Gasteiger partial charge in [-0.15, -0.1) is 12.4 Å². The molecule has 0 aliphatic carbocycles. The van der Waals surface area contributed by atoms with E-state index in [4.69, 9.17) is 5.14 Å². The number of sulfonamides is 1. The molecule has 0 bridgehead atoms. The highest BCUT2D eigenvalue weighted by Crippen LogP contribution is 2.27. The zero-order valence-electron chi connectivity index (χ0n) is 13.8. The molecule has 5 N–H and O–H groups in total. The Labute approximate surface area is 152 Å². The van der Waals surface area contributed by atoms with Crippen molar-refractivity contribution in [3.63, 3.8) is 0 Å². The summed E-state index contributed by atoms with van der Waals surface area (Å²) in [5.41, 5.74) is -0.311.